The van der Waals surface area contributed by atoms with E-state index in [0.29, 0.717) is 16.3 Å². The molecule has 0 bridgehead atoms. The predicted molar refractivity (Wildman–Crippen MR) is 97.9 cm³/mol. The summed E-state index contributed by atoms with van der Waals surface area (Å²) in [7, 11) is 1.53. The Morgan fingerprint density at radius 1 is 1.30 bits per heavy atom. The van der Waals surface area contributed by atoms with E-state index in [1.165, 1.54) is 12.0 Å². The van der Waals surface area contributed by atoms with Crippen molar-refractivity contribution in [3.8, 4) is 0 Å². The molecule has 3 heterocycles. The number of carbonyl (C=O) groups is 3. The number of hydrogen-bond acceptors (Lipinski definition) is 4. The van der Waals surface area contributed by atoms with Crippen LogP contribution in [0.15, 0.2) is 18.2 Å². The number of hydrogen-bond donors (Lipinski definition) is 2. The molecule has 2 fully saturated rings. The molecule has 4 rings (SSSR count). The summed E-state index contributed by atoms with van der Waals surface area (Å²) in [5.74, 6) is -1.93. The van der Waals surface area contributed by atoms with Gasteiger partial charge < -0.3 is 15.4 Å². The summed E-state index contributed by atoms with van der Waals surface area (Å²) in [5.41, 5.74) is 0.182. The molecule has 0 saturated carbocycles. The van der Waals surface area contributed by atoms with Crippen LogP contribution in [0.3, 0.4) is 0 Å². The minimum absolute atomic E-state index is 0.118. The second kappa shape index (κ2) is 6.29. The third kappa shape index (κ3) is 2.38. The molecule has 27 heavy (non-hydrogen) atoms. The Labute approximate surface area is 162 Å². The van der Waals surface area contributed by atoms with Crippen molar-refractivity contribution in [1.82, 2.24) is 4.90 Å². The zero-order valence-electron chi connectivity index (χ0n) is 15.5. The van der Waals surface area contributed by atoms with Gasteiger partial charge in [-0.05, 0) is 18.2 Å². The highest BCUT2D eigenvalue weighted by Crippen LogP contribution is 2.50. The Bertz CT molecular complexity index is 842. The van der Waals surface area contributed by atoms with E-state index in [0.717, 1.165) is 0 Å². The second-order valence-electron chi connectivity index (χ2n) is 7.83. The van der Waals surface area contributed by atoms with Crippen LogP contribution in [0.2, 0.25) is 5.02 Å². The maximum atomic E-state index is 13.3. The number of anilines is 1. The fraction of sp³-hybridized carbons (Fsp3) is 0.526. The Kier molecular flexibility index (Phi) is 4.29. The van der Waals surface area contributed by atoms with E-state index in [4.69, 9.17) is 16.3 Å². The van der Waals surface area contributed by atoms with Gasteiger partial charge in [0.05, 0.1) is 18.8 Å². The van der Waals surface area contributed by atoms with E-state index in [1.807, 2.05) is 19.2 Å². The first-order valence-corrected chi connectivity index (χ1v) is 9.52. The van der Waals surface area contributed by atoms with Crippen molar-refractivity contribution in [2.75, 3.05) is 25.6 Å². The summed E-state index contributed by atoms with van der Waals surface area (Å²) in [4.78, 5) is 40.8. The monoisotopic (exact) mass is 392 g/mol. The maximum absolute atomic E-state index is 13.3. The number of fused-ring (bicyclic) bond motifs is 4. The molecule has 144 valence electrons. The number of benzene rings is 1. The van der Waals surface area contributed by atoms with Gasteiger partial charge >= 0.3 is 0 Å². The van der Waals surface area contributed by atoms with Gasteiger partial charge in [0, 0.05) is 23.6 Å². The van der Waals surface area contributed by atoms with E-state index in [2.05, 4.69) is 5.32 Å². The van der Waals surface area contributed by atoms with Crippen LogP contribution in [0.4, 0.5) is 5.69 Å². The lowest BCUT2D eigenvalue weighted by atomic mass is 9.76. The van der Waals surface area contributed by atoms with Crippen molar-refractivity contribution in [2.45, 2.75) is 25.4 Å². The molecule has 8 heteroatoms. The molecule has 0 aromatic heterocycles. The predicted octanol–water partition coefficient (Wildman–Crippen LogP) is 0.337. The fourth-order valence-corrected chi connectivity index (χ4v) is 5.10. The van der Waals surface area contributed by atoms with Crippen molar-refractivity contribution in [3.05, 3.63) is 28.8 Å². The third-order valence-corrected chi connectivity index (χ3v) is 6.38. The molecule has 0 aliphatic carbocycles. The number of halogens is 1. The Morgan fingerprint density at radius 2 is 2.04 bits per heavy atom. The van der Waals surface area contributed by atoms with Gasteiger partial charge in [0.15, 0.2) is 0 Å². The molecule has 3 N–H and O–H groups in total. The number of likely N-dealkylation sites (tertiary alicyclic amines) is 1. The number of carbonyl (C=O) groups excluding carboxylic acids is 3. The first-order valence-electron chi connectivity index (χ1n) is 9.14. The highest BCUT2D eigenvalue weighted by Gasteiger charge is 2.74. The van der Waals surface area contributed by atoms with Gasteiger partial charge in [-0.2, -0.15) is 0 Å². The first-order chi connectivity index (χ1) is 12.8. The number of nitrogens with zero attached hydrogens (tertiary/aromatic N) is 1. The van der Waals surface area contributed by atoms with Crippen molar-refractivity contribution >= 4 is 35.0 Å². The van der Waals surface area contributed by atoms with E-state index in [9.17, 15) is 14.4 Å². The molecule has 0 radical (unpaired) electrons. The molecule has 3 aliphatic rings. The van der Waals surface area contributed by atoms with E-state index in [1.54, 1.807) is 18.2 Å². The number of nitrogens with one attached hydrogen (secondary N) is 1. The van der Waals surface area contributed by atoms with E-state index in [-0.39, 0.29) is 42.8 Å². The minimum atomic E-state index is -1.16. The molecule has 1 spiro atoms. The largest absolute Gasteiger partial charge is 0.383 e. The highest BCUT2D eigenvalue weighted by molar-refractivity contribution is 6.31. The lowest BCUT2D eigenvalue weighted by Crippen LogP contribution is -2.99. The molecule has 1 aromatic rings. The maximum Gasteiger partial charge on any atom is 0.291 e. The van der Waals surface area contributed by atoms with Crippen LogP contribution in [-0.2, 0) is 24.7 Å². The van der Waals surface area contributed by atoms with Crippen LogP contribution < -0.4 is 10.6 Å². The minimum Gasteiger partial charge on any atom is -0.383 e. The Hall–Kier alpha value is -1.96. The summed E-state index contributed by atoms with van der Waals surface area (Å²) < 4.78 is 5.06. The summed E-state index contributed by atoms with van der Waals surface area (Å²) in [6, 6.07) is 5.02. The molecule has 1 aromatic carbocycles. The van der Waals surface area contributed by atoms with Gasteiger partial charge in [0.1, 0.15) is 17.9 Å². The van der Waals surface area contributed by atoms with Gasteiger partial charge in [-0.1, -0.05) is 25.4 Å². The van der Waals surface area contributed by atoms with Crippen LogP contribution in [0, 0.1) is 17.8 Å². The van der Waals surface area contributed by atoms with Crippen molar-refractivity contribution < 1.29 is 24.4 Å². The Balaban J connectivity index is 1.86. The zero-order valence-corrected chi connectivity index (χ0v) is 16.2. The molecule has 2 saturated heterocycles. The zero-order chi connectivity index (χ0) is 19.5. The summed E-state index contributed by atoms with van der Waals surface area (Å²) in [6.45, 7) is 4.50. The van der Waals surface area contributed by atoms with Gasteiger partial charge in [0.2, 0.25) is 17.4 Å². The van der Waals surface area contributed by atoms with Gasteiger partial charge in [-0.15, -0.1) is 0 Å². The van der Waals surface area contributed by atoms with Crippen LogP contribution in [0.5, 0.6) is 0 Å². The van der Waals surface area contributed by atoms with Gasteiger partial charge in [-0.3, -0.25) is 19.3 Å². The molecular weight excluding hydrogens is 370 g/mol. The molecule has 7 nitrogen and oxygen atoms in total. The lowest BCUT2D eigenvalue weighted by Gasteiger charge is -2.27. The average Bonchev–Trinajstić information content (AvgIpc) is 3.20. The van der Waals surface area contributed by atoms with Crippen LogP contribution in [-0.4, -0.2) is 48.9 Å². The van der Waals surface area contributed by atoms with Crippen molar-refractivity contribution in [2.24, 2.45) is 17.8 Å². The number of nitrogens with two attached hydrogens (primary N) is 1. The number of imide groups is 1. The number of ether oxygens (including phenoxy) is 1. The molecule has 3 amide bonds. The molecule has 4 atom stereocenters. The highest BCUT2D eigenvalue weighted by atomic mass is 35.5. The molecule has 3 aliphatic heterocycles. The number of quaternary nitrogens is 1. The standard InChI is InChI=1S/C19H22ClN3O4/c1-9(2)15-13-14(17(25)23(16(13)24)6-7-27-3)19(22-15)11-8-10(20)4-5-12(11)21-18(19)26/h4-5,8-9,13-15,22H,6-7H2,1-3H3,(H,21,26)/p+1/t13-,14-,15+,19-/m0/s1. The Morgan fingerprint density at radius 3 is 2.70 bits per heavy atom. The SMILES string of the molecule is COCCN1C(=O)[C@@H]2[C@@H](C(C)C)[NH2+][C@]3(C(=O)Nc4ccc(Cl)cc43)[C@@H]2C1=O. The van der Waals surface area contributed by atoms with Crippen molar-refractivity contribution in [1.29, 1.82) is 0 Å². The van der Waals surface area contributed by atoms with Gasteiger partial charge in [0.25, 0.3) is 5.91 Å². The van der Waals surface area contributed by atoms with E-state index < -0.39 is 17.4 Å². The quantitative estimate of drug-likeness (QED) is 0.722. The third-order valence-electron chi connectivity index (χ3n) is 6.14. The summed E-state index contributed by atoms with van der Waals surface area (Å²) in [5, 5.41) is 5.31. The lowest BCUT2D eigenvalue weighted by molar-refractivity contribution is -0.738. The number of methoxy groups -OCH3 is 1. The summed E-state index contributed by atoms with van der Waals surface area (Å²) >= 11 is 6.21. The molecule has 0 unspecified atom stereocenters. The van der Waals surface area contributed by atoms with E-state index >= 15 is 0 Å². The second-order valence-corrected chi connectivity index (χ2v) is 8.26. The average molecular weight is 393 g/mol. The van der Waals surface area contributed by atoms with Gasteiger partial charge in [-0.25, -0.2) is 0 Å². The first kappa shape index (κ1) is 18.4. The number of rotatable bonds is 4. The smallest absolute Gasteiger partial charge is 0.291 e. The normalized spacial score (nSPS) is 31.8. The topological polar surface area (TPSA) is 92.3 Å². The molecular formula is C19H23ClN3O4+. The summed E-state index contributed by atoms with van der Waals surface area (Å²) in [6.07, 6.45) is 0. The fourth-order valence-electron chi connectivity index (χ4n) is 4.93. The van der Waals surface area contributed by atoms with Crippen LogP contribution in [0.25, 0.3) is 0 Å². The van der Waals surface area contributed by atoms with Crippen LogP contribution >= 0.6 is 11.6 Å². The van der Waals surface area contributed by atoms with Crippen LogP contribution in [0.1, 0.15) is 19.4 Å². The number of amides is 3. The van der Waals surface area contributed by atoms with Crippen molar-refractivity contribution in [3.63, 3.8) is 0 Å².